The van der Waals surface area contributed by atoms with Gasteiger partial charge in [-0.3, -0.25) is 9.69 Å². The number of likely N-dealkylation sites (tertiary alicyclic amines) is 1. The van der Waals surface area contributed by atoms with Crippen LogP contribution in [-0.4, -0.2) is 40.6 Å². The zero-order chi connectivity index (χ0) is 18.6. The van der Waals surface area contributed by atoms with E-state index in [0.717, 1.165) is 42.1 Å². The number of nitrogens with zero attached hydrogens (tertiary/aromatic N) is 3. The Hall–Kier alpha value is -2.51. The van der Waals surface area contributed by atoms with Crippen LogP contribution >= 0.6 is 11.3 Å². The van der Waals surface area contributed by atoms with E-state index in [1.54, 1.807) is 11.3 Å². The molecule has 7 heteroatoms. The van der Waals surface area contributed by atoms with Crippen LogP contribution in [0.2, 0.25) is 0 Å². The van der Waals surface area contributed by atoms with E-state index in [9.17, 15) is 4.79 Å². The Morgan fingerprint density at radius 1 is 1.30 bits per heavy atom. The number of benzene rings is 1. The highest BCUT2D eigenvalue weighted by Gasteiger charge is 2.26. The molecular weight excluding hydrogens is 360 g/mol. The number of carbonyl (C=O) groups is 1. The lowest BCUT2D eigenvalue weighted by Gasteiger charge is -2.29. The molecule has 2 aromatic heterocycles. The summed E-state index contributed by atoms with van der Waals surface area (Å²) in [7, 11) is 0. The molecule has 1 aromatic carbocycles. The highest BCUT2D eigenvalue weighted by Crippen LogP contribution is 2.29. The second-order valence-corrected chi connectivity index (χ2v) is 7.85. The van der Waals surface area contributed by atoms with Crippen LogP contribution in [-0.2, 0) is 4.79 Å². The minimum absolute atomic E-state index is 0.0248. The first-order valence-electron chi connectivity index (χ1n) is 9.14. The lowest BCUT2D eigenvalue weighted by Crippen LogP contribution is -2.38. The minimum Gasteiger partial charge on any atom is -0.339 e. The zero-order valence-electron chi connectivity index (χ0n) is 15.2. The van der Waals surface area contributed by atoms with Crippen LogP contribution in [0.1, 0.15) is 30.2 Å². The first kappa shape index (κ1) is 17.9. The molecule has 0 saturated carbocycles. The first-order valence-corrected chi connectivity index (χ1v) is 10.0. The normalized spacial score (nSPS) is 15.7. The summed E-state index contributed by atoms with van der Waals surface area (Å²) in [5.74, 6) is 1.67. The van der Waals surface area contributed by atoms with Gasteiger partial charge in [0, 0.05) is 11.6 Å². The van der Waals surface area contributed by atoms with Crippen LogP contribution in [0.15, 0.2) is 46.3 Å². The van der Waals surface area contributed by atoms with Crippen molar-refractivity contribution in [3.63, 3.8) is 0 Å². The average molecular weight is 382 g/mol. The summed E-state index contributed by atoms with van der Waals surface area (Å²) < 4.78 is 5.48. The van der Waals surface area contributed by atoms with Gasteiger partial charge in [-0.1, -0.05) is 23.4 Å². The fourth-order valence-corrected chi connectivity index (χ4v) is 4.02. The van der Waals surface area contributed by atoms with Gasteiger partial charge < -0.3 is 9.84 Å². The molecule has 1 saturated heterocycles. The summed E-state index contributed by atoms with van der Waals surface area (Å²) >= 11 is 1.61. The molecule has 1 amide bonds. The molecule has 0 spiro atoms. The Bertz CT molecular complexity index is 898. The Kier molecular flexibility index (Phi) is 5.31. The Labute approximate surface area is 162 Å². The molecule has 27 heavy (non-hydrogen) atoms. The molecule has 0 unspecified atom stereocenters. The third-order valence-electron chi connectivity index (χ3n) is 4.79. The fraction of sp³-hybridized carbons (Fsp3) is 0.350. The van der Waals surface area contributed by atoms with Gasteiger partial charge in [-0.25, -0.2) is 0 Å². The van der Waals surface area contributed by atoms with E-state index >= 15 is 0 Å². The van der Waals surface area contributed by atoms with Crippen molar-refractivity contribution in [1.29, 1.82) is 0 Å². The number of carbonyl (C=O) groups excluding carboxylic acids is 1. The second-order valence-electron chi connectivity index (χ2n) is 6.90. The predicted molar refractivity (Wildman–Crippen MR) is 106 cm³/mol. The van der Waals surface area contributed by atoms with Gasteiger partial charge in [0.25, 0.3) is 0 Å². The van der Waals surface area contributed by atoms with Gasteiger partial charge in [0.2, 0.25) is 17.6 Å². The third kappa shape index (κ3) is 4.43. The van der Waals surface area contributed by atoms with E-state index in [2.05, 4.69) is 20.4 Å². The number of amides is 1. The number of thiophene rings is 1. The van der Waals surface area contributed by atoms with Crippen LogP contribution in [0.3, 0.4) is 0 Å². The smallest absolute Gasteiger partial charge is 0.238 e. The lowest BCUT2D eigenvalue weighted by atomic mass is 9.97. The van der Waals surface area contributed by atoms with Gasteiger partial charge in [-0.2, -0.15) is 4.98 Å². The Morgan fingerprint density at radius 3 is 2.89 bits per heavy atom. The SMILES string of the molecule is Cc1cccc(NC(=O)CN2CCC(c3nc(-c4cccs4)no3)CC2)c1. The van der Waals surface area contributed by atoms with Crippen molar-refractivity contribution in [1.82, 2.24) is 15.0 Å². The molecule has 1 N–H and O–H groups in total. The van der Waals surface area contributed by atoms with E-state index in [0.29, 0.717) is 18.3 Å². The van der Waals surface area contributed by atoms with Crippen molar-refractivity contribution < 1.29 is 9.32 Å². The average Bonchev–Trinajstić information content (AvgIpc) is 3.34. The van der Waals surface area contributed by atoms with Crippen LogP contribution in [0.4, 0.5) is 5.69 Å². The van der Waals surface area contributed by atoms with Gasteiger partial charge >= 0.3 is 0 Å². The largest absolute Gasteiger partial charge is 0.339 e. The number of aromatic nitrogens is 2. The molecule has 1 aliphatic heterocycles. The molecule has 0 atom stereocenters. The summed E-state index contributed by atoms with van der Waals surface area (Å²) in [4.78, 5) is 20.0. The number of anilines is 1. The number of hydrogen-bond donors (Lipinski definition) is 1. The zero-order valence-corrected chi connectivity index (χ0v) is 16.0. The number of nitrogens with one attached hydrogen (secondary N) is 1. The van der Waals surface area contributed by atoms with Crippen LogP contribution < -0.4 is 5.32 Å². The quantitative estimate of drug-likeness (QED) is 0.724. The number of rotatable bonds is 5. The van der Waals surface area contributed by atoms with Gasteiger partial charge in [-0.05, 0) is 62.0 Å². The van der Waals surface area contributed by atoms with Crippen LogP contribution in [0.5, 0.6) is 0 Å². The summed E-state index contributed by atoms with van der Waals surface area (Å²) in [6.07, 6.45) is 1.84. The molecule has 0 bridgehead atoms. The Morgan fingerprint density at radius 2 is 2.15 bits per heavy atom. The standard InChI is InChI=1S/C20H22N4O2S/c1-14-4-2-5-16(12-14)21-18(25)13-24-9-7-15(8-10-24)20-22-19(23-26-20)17-6-3-11-27-17/h2-6,11-12,15H,7-10,13H2,1H3,(H,21,25). The number of hydrogen-bond acceptors (Lipinski definition) is 6. The van der Waals surface area contributed by atoms with Crippen molar-refractivity contribution in [2.45, 2.75) is 25.7 Å². The lowest BCUT2D eigenvalue weighted by molar-refractivity contribution is -0.117. The highest BCUT2D eigenvalue weighted by molar-refractivity contribution is 7.13. The maximum absolute atomic E-state index is 12.3. The topological polar surface area (TPSA) is 71.3 Å². The number of piperidine rings is 1. The molecule has 1 aliphatic rings. The molecule has 0 radical (unpaired) electrons. The molecule has 3 aromatic rings. The maximum Gasteiger partial charge on any atom is 0.238 e. The van der Waals surface area contributed by atoms with Gasteiger partial charge in [0.1, 0.15) is 0 Å². The predicted octanol–water partition coefficient (Wildman–Crippen LogP) is 3.92. The Balaban J connectivity index is 1.28. The van der Waals surface area contributed by atoms with Crippen molar-refractivity contribution in [3.05, 3.63) is 53.2 Å². The van der Waals surface area contributed by atoms with E-state index in [-0.39, 0.29) is 11.8 Å². The van der Waals surface area contributed by atoms with Crippen LogP contribution in [0, 0.1) is 6.92 Å². The van der Waals surface area contributed by atoms with E-state index in [1.165, 1.54) is 0 Å². The molecule has 4 rings (SSSR count). The third-order valence-corrected chi connectivity index (χ3v) is 5.65. The second kappa shape index (κ2) is 8.02. The molecule has 6 nitrogen and oxygen atoms in total. The summed E-state index contributed by atoms with van der Waals surface area (Å²) in [6, 6.07) is 11.8. The molecular formula is C20H22N4O2S. The molecule has 1 fully saturated rings. The fourth-order valence-electron chi connectivity index (χ4n) is 3.37. The van der Waals surface area contributed by atoms with Gasteiger partial charge in [0.15, 0.2) is 0 Å². The van der Waals surface area contributed by atoms with Gasteiger partial charge in [0.05, 0.1) is 11.4 Å². The summed E-state index contributed by atoms with van der Waals surface area (Å²) in [5.41, 5.74) is 1.98. The minimum atomic E-state index is 0.0248. The summed E-state index contributed by atoms with van der Waals surface area (Å²) in [5, 5.41) is 9.08. The first-order chi connectivity index (χ1) is 13.2. The molecule has 3 heterocycles. The van der Waals surface area contributed by atoms with Crippen molar-refractivity contribution in [2.75, 3.05) is 25.0 Å². The van der Waals surface area contributed by atoms with Crippen molar-refractivity contribution in [2.24, 2.45) is 0 Å². The monoisotopic (exact) mass is 382 g/mol. The van der Waals surface area contributed by atoms with E-state index < -0.39 is 0 Å². The van der Waals surface area contributed by atoms with E-state index in [4.69, 9.17) is 4.52 Å². The van der Waals surface area contributed by atoms with Gasteiger partial charge in [-0.15, -0.1) is 11.3 Å². The van der Waals surface area contributed by atoms with Crippen molar-refractivity contribution in [3.8, 4) is 10.7 Å². The van der Waals surface area contributed by atoms with E-state index in [1.807, 2.05) is 48.7 Å². The highest BCUT2D eigenvalue weighted by atomic mass is 32.1. The summed E-state index contributed by atoms with van der Waals surface area (Å²) in [6.45, 7) is 4.12. The molecule has 140 valence electrons. The maximum atomic E-state index is 12.3. The van der Waals surface area contributed by atoms with Crippen molar-refractivity contribution >= 4 is 22.9 Å². The van der Waals surface area contributed by atoms with Crippen LogP contribution in [0.25, 0.3) is 10.7 Å². The molecule has 0 aliphatic carbocycles. The number of aryl methyl sites for hydroxylation is 1.